The van der Waals surface area contributed by atoms with Gasteiger partial charge >= 0.3 is 0 Å². The van der Waals surface area contributed by atoms with Crippen LogP contribution in [0.25, 0.3) is 0 Å². The van der Waals surface area contributed by atoms with Crippen LogP contribution in [0.4, 0.5) is 5.82 Å². The van der Waals surface area contributed by atoms with Crippen LogP contribution < -0.4 is 10.1 Å². The van der Waals surface area contributed by atoms with Crippen molar-refractivity contribution in [2.45, 2.75) is 6.92 Å². The molecule has 0 amide bonds. The van der Waals surface area contributed by atoms with Crippen LogP contribution in [0.5, 0.6) is 11.5 Å². The molecule has 0 spiro atoms. The van der Waals surface area contributed by atoms with Crippen LogP contribution in [-0.2, 0) is 0 Å². The first-order valence-corrected chi connectivity index (χ1v) is 7.10. The molecule has 0 aliphatic heterocycles. The third kappa shape index (κ3) is 3.46. The molecule has 0 atom stereocenters. The lowest BCUT2D eigenvalue weighted by Crippen LogP contribution is -1.98. The maximum absolute atomic E-state index is 5.80. The van der Waals surface area contributed by atoms with Gasteiger partial charge in [-0.05, 0) is 47.1 Å². The predicted molar refractivity (Wildman–Crippen MR) is 80.3 cm³/mol. The second kappa shape index (κ2) is 6.20. The molecule has 0 bridgehead atoms. The second-order valence-corrected chi connectivity index (χ2v) is 5.35. The quantitative estimate of drug-likeness (QED) is 0.835. The van der Waals surface area contributed by atoms with Gasteiger partial charge in [0.1, 0.15) is 17.3 Å². The number of benzene rings is 1. The zero-order valence-corrected chi connectivity index (χ0v) is 13.0. The monoisotopic (exact) mass is 370 g/mol. The van der Waals surface area contributed by atoms with Crippen molar-refractivity contribution >= 4 is 37.7 Å². The molecule has 0 fully saturated rings. The van der Waals surface area contributed by atoms with Gasteiger partial charge in [0, 0.05) is 23.3 Å². The molecule has 5 heteroatoms. The number of nitrogens with zero attached hydrogens (tertiary/aromatic N) is 1. The summed E-state index contributed by atoms with van der Waals surface area (Å²) in [5.74, 6) is 2.33. The Morgan fingerprint density at radius 2 is 2.06 bits per heavy atom. The van der Waals surface area contributed by atoms with Crippen molar-refractivity contribution in [3.63, 3.8) is 0 Å². The first-order chi connectivity index (χ1) is 8.69. The normalized spacial score (nSPS) is 10.2. The Balaban J connectivity index is 2.20. The van der Waals surface area contributed by atoms with Crippen molar-refractivity contribution in [2.24, 2.45) is 0 Å². The molecule has 1 aromatic carbocycles. The zero-order chi connectivity index (χ0) is 13.0. The van der Waals surface area contributed by atoms with Crippen LogP contribution in [0.3, 0.4) is 0 Å². The summed E-state index contributed by atoms with van der Waals surface area (Å²) >= 11 is 6.88. The van der Waals surface area contributed by atoms with E-state index in [0.717, 1.165) is 32.8 Å². The Kier molecular flexibility index (Phi) is 4.60. The summed E-state index contributed by atoms with van der Waals surface area (Å²) in [6, 6.07) is 9.49. The fraction of sp³-hybridized carbons (Fsp3) is 0.154. The molecule has 0 saturated carbocycles. The third-order valence-electron chi connectivity index (χ3n) is 2.21. The molecule has 94 valence electrons. The summed E-state index contributed by atoms with van der Waals surface area (Å²) in [5, 5.41) is 3.15. The molecular weight excluding hydrogens is 360 g/mol. The van der Waals surface area contributed by atoms with Crippen LogP contribution in [0.1, 0.15) is 6.92 Å². The van der Waals surface area contributed by atoms with E-state index in [1.54, 1.807) is 6.20 Å². The van der Waals surface area contributed by atoms with Crippen molar-refractivity contribution in [3.05, 3.63) is 45.5 Å². The molecule has 3 nitrogen and oxygen atoms in total. The number of hydrogen-bond acceptors (Lipinski definition) is 3. The minimum absolute atomic E-state index is 0.754. The molecule has 0 aliphatic rings. The first kappa shape index (κ1) is 13.4. The van der Waals surface area contributed by atoms with E-state index in [0.29, 0.717) is 0 Å². The number of pyridine rings is 1. The van der Waals surface area contributed by atoms with Gasteiger partial charge in [0.2, 0.25) is 0 Å². The predicted octanol–water partition coefficient (Wildman–Crippen LogP) is 4.83. The number of rotatable bonds is 4. The highest BCUT2D eigenvalue weighted by Gasteiger charge is 2.04. The van der Waals surface area contributed by atoms with E-state index in [4.69, 9.17) is 4.74 Å². The maximum atomic E-state index is 5.80. The van der Waals surface area contributed by atoms with Crippen molar-refractivity contribution in [1.82, 2.24) is 4.98 Å². The summed E-state index contributed by atoms with van der Waals surface area (Å²) in [5.41, 5.74) is 0. The third-order valence-corrected chi connectivity index (χ3v) is 3.32. The Morgan fingerprint density at radius 1 is 1.22 bits per heavy atom. The lowest BCUT2D eigenvalue weighted by Gasteiger charge is -2.09. The molecule has 0 saturated heterocycles. The smallest absolute Gasteiger partial charge is 0.141 e. The van der Waals surface area contributed by atoms with Crippen molar-refractivity contribution in [2.75, 3.05) is 11.9 Å². The van der Waals surface area contributed by atoms with Gasteiger partial charge in [-0.1, -0.05) is 15.9 Å². The fourth-order valence-corrected chi connectivity index (χ4v) is 2.57. The molecule has 0 radical (unpaired) electrons. The average molecular weight is 372 g/mol. The standard InChI is InChI=1S/C13H12Br2N2O/c1-2-16-13-8-10(5-6-17-13)18-12-4-3-9(14)7-11(12)15/h3-8H,2H2,1H3,(H,16,17). The molecule has 1 heterocycles. The topological polar surface area (TPSA) is 34.1 Å². The number of nitrogens with one attached hydrogen (secondary N) is 1. The summed E-state index contributed by atoms with van der Waals surface area (Å²) in [4.78, 5) is 4.20. The molecule has 18 heavy (non-hydrogen) atoms. The molecule has 2 aromatic rings. The lowest BCUT2D eigenvalue weighted by atomic mass is 10.3. The highest BCUT2D eigenvalue weighted by atomic mass is 79.9. The van der Waals surface area contributed by atoms with E-state index in [-0.39, 0.29) is 0 Å². The van der Waals surface area contributed by atoms with Gasteiger partial charge in [-0.2, -0.15) is 0 Å². The summed E-state index contributed by atoms with van der Waals surface area (Å²) in [6.45, 7) is 2.86. The van der Waals surface area contributed by atoms with Crippen LogP contribution in [0, 0.1) is 0 Å². The fourth-order valence-electron chi connectivity index (χ4n) is 1.44. The van der Waals surface area contributed by atoms with Gasteiger partial charge in [-0.15, -0.1) is 0 Å². The largest absolute Gasteiger partial charge is 0.456 e. The Hall–Kier alpha value is -1.07. The van der Waals surface area contributed by atoms with Crippen molar-refractivity contribution in [1.29, 1.82) is 0 Å². The van der Waals surface area contributed by atoms with E-state index in [1.807, 2.05) is 37.3 Å². The van der Waals surface area contributed by atoms with E-state index in [2.05, 4.69) is 42.2 Å². The van der Waals surface area contributed by atoms with Crippen LogP contribution in [0.2, 0.25) is 0 Å². The number of ether oxygens (including phenoxy) is 1. The number of aromatic nitrogens is 1. The first-order valence-electron chi connectivity index (χ1n) is 5.52. The van der Waals surface area contributed by atoms with Gasteiger partial charge in [0.05, 0.1) is 4.47 Å². The van der Waals surface area contributed by atoms with Crippen molar-refractivity contribution < 1.29 is 4.74 Å². The Bertz CT molecular complexity index is 546. The highest BCUT2D eigenvalue weighted by Crippen LogP contribution is 2.32. The molecule has 1 N–H and O–H groups in total. The van der Waals surface area contributed by atoms with Gasteiger partial charge in [0.15, 0.2) is 0 Å². The van der Waals surface area contributed by atoms with Gasteiger partial charge < -0.3 is 10.1 Å². The maximum Gasteiger partial charge on any atom is 0.141 e. The average Bonchev–Trinajstić information content (AvgIpc) is 2.34. The van der Waals surface area contributed by atoms with E-state index in [1.165, 1.54) is 0 Å². The molecule has 2 rings (SSSR count). The summed E-state index contributed by atoms with van der Waals surface area (Å²) < 4.78 is 7.71. The van der Waals surface area contributed by atoms with Crippen LogP contribution >= 0.6 is 31.9 Å². The van der Waals surface area contributed by atoms with E-state index >= 15 is 0 Å². The molecular formula is C13H12Br2N2O. The second-order valence-electron chi connectivity index (χ2n) is 3.58. The minimum Gasteiger partial charge on any atom is -0.456 e. The summed E-state index contributed by atoms with van der Waals surface area (Å²) in [7, 11) is 0. The SMILES string of the molecule is CCNc1cc(Oc2ccc(Br)cc2Br)ccn1. The zero-order valence-electron chi connectivity index (χ0n) is 9.78. The van der Waals surface area contributed by atoms with Crippen LogP contribution in [-0.4, -0.2) is 11.5 Å². The number of hydrogen-bond donors (Lipinski definition) is 1. The molecule has 0 aliphatic carbocycles. The highest BCUT2D eigenvalue weighted by molar-refractivity contribution is 9.11. The molecule has 1 aromatic heterocycles. The Labute approximate surface area is 123 Å². The Morgan fingerprint density at radius 3 is 2.78 bits per heavy atom. The summed E-state index contributed by atoms with van der Waals surface area (Å²) in [6.07, 6.45) is 1.72. The lowest BCUT2D eigenvalue weighted by molar-refractivity contribution is 0.479. The van der Waals surface area contributed by atoms with E-state index in [9.17, 15) is 0 Å². The molecule has 0 unspecified atom stereocenters. The van der Waals surface area contributed by atoms with Gasteiger partial charge in [-0.3, -0.25) is 0 Å². The number of halogens is 2. The minimum atomic E-state index is 0.754. The van der Waals surface area contributed by atoms with Gasteiger partial charge in [0.25, 0.3) is 0 Å². The van der Waals surface area contributed by atoms with E-state index < -0.39 is 0 Å². The van der Waals surface area contributed by atoms with Gasteiger partial charge in [-0.25, -0.2) is 4.98 Å². The van der Waals surface area contributed by atoms with Crippen LogP contribution in [0.15, 0.2) is 45.5 Å². The van der Waals surface area contributed by atoms with Crippen molar-refractivity contribution in [3.8, 4) is 11.5 Å². The number of anilines is 1.